The zero-order chi connectivity index (χ0) is 32.6. The molecule has 0 rings (SSSR count). The standard InChI is InChI=1S/2C18H35O3P.Ca/c2*1-2-3-4-5-6-7-8-9-10-11-12-13-14-15-16-17-18-21-22(19)20;/h2*9-10H,2-8,11-18H2,1H3;/q;;+2/b2*10-9-;. The molecule has 45 heavy (non-hydrogen) atoms. The van der Waals surface area contributed by atoms with Gasteiger partial charge in [0, 0.05) is 0 Å². The van der Waals surface area contributed by atoms with Crippen molar-refractivity contribution >= 4 is 54.2 Å². The van der Waals surface area contributed by atoms with Gasteiger partial charge in [-0.3, -0.25) is 0 Å². The van der Waals surface area contributed by atoms with E-state index in [2.05, 4.69) is 47.2 Å². The molecule has 2 unspecified atom stereocenters. The molecular weight excluding hydrogens is 630 g/mol. The van der Waals surface area contributed by atoms with Crippen LogP contribution < -0.4 is 9.79 Å². The first-order valence-electron chi connectivity index (χ1n) is 18.4. The first kappa shape index (κ1) is 50.2. The van der Waals surface area contributed by atoms with Gasteiger partial charge < -0.3 is 9.79 Å². The predicted molar refractivity (Wildman–Crippen MR) is 192 cm³/mol. The van der Waals surface area contributed by atoms with Crippen molar-refractivity contribution in [3.05, 3.63) is 24.3 Å². The molecule has 0 aliphatic heterocycles. The van der Waals surface area contributed by atoms with Crippen LogP contribution in [0.25, 0.3) is 0 Å². The molecule has 0 N–H and O–H groups in total. The molecule has 0 saturated carbocycles. The Labute approximate surface area is 311 Å². The fourth-order valence-electron chi connectivity index (χ4n) is 4.98. The Morgan fingerprint density at radius 1 is 0.400 bits per heavy atom. The molecule has 260 valence electrons. The normalized spacial score (nSPS) is 11.9. The maximum Gasteiger partial charge on any atom is 2.00 e. The van der Waals surface area contributed by atoms with Gasteiger partial charge in [0.15, 0.2) is 0 Å². The molecule has 0 saturated heterocycles. The second-order valence-electron chi connectivity index (χ2n) is 12.0. The van der Waals surface area contributed by atoms with Crippen molar-refractivity contribution in [2.24, 2.45) is 0 Å². The predicted octanol–water partition coefficient (Wildman–Crippen LogP) is 11.7. The van der Waals surface area contributed by atoms with Crippen molar-refractivity contribution in [3.8, 4) is 0 Å². The van der Waals surface area contributed by atoms with Gasteiger partial charge in [0.25, 0.3) is 0 Å². The fourth-order valence-corrected chi connectivity index (χ4v) is 5.53. The average molecular weight is 701 g/mol. The van der Waals surface area contributed by atoms with Gasteiger partial charge in [-0.25, -0.2) is 0 Å². The largest absolute Gasteiger partial charge is 2.00 e. The molecule has 0 bridgehead atoms. The summed E-state index contributed by atoms with van der Waals surface area (Å²) in [6.45, 7) is 5.21. The van der Waals surface area contributed by atoms with Crippen LogP contribution >= 0.6 is 16.5 Å². The van der Waals surface area contributed by atoms with Gasteiger partial charge in [0.05, 0.1) is 0 Å². The maximum atomic E-state index is 10.2. The maximum absolute atomic E-state index is 10.2. The van der Waals surface area contributed by atoms with Crippen LogP contribution in [0.2, 0.25) is 0 Å². The van der Waals surface area contributed by atoms with Crippen LogP contribution in [0, 0.1) is 0 Å². The second-order valence-corrected chi connectivity index (χ2v) is 13.4. The summed E-state index contributed by atoms with van der Waals surface area (Å²) in [4.78, 5) is 20.3. The third-order valence-corrected chi connectivity index (χ3v) is 8.49. The van der Waals surface area contributed by atoms with Crippen molar-refractivity contribution in [1.29, 1.82) is 0 Å². The molecule has 0 fully saturated rings. The summed E-state index contributed by atoms with van der Waals surface area (Å²) in [6, 6.07) is 0. The minimum absolute atomic E-state index is 0. The van der Waals surface area contributed by atoms with Gasteiger partial charge in [0.1, 0.15) is 13.2 Å². The average Bonchev–Trinajstić information content (AvgIpc) is 3.00. The van der Waals surface area contributed by atoms with Gasteiger partial charge in [-0.1, -0.05) is 154 Å². The molecule has 0 aromatic heterocycles. The van der Waals surface area contributed by atoms with Crippen molar-refractivity contribution in [1.82, 2.24) is 0 Å². The molecule has 6 nitrogen and oxygen atoms in total. The smallest absolute Gasteiger partial charge is 0.566 e. The summed E-state index contributed by atoms with van der Waals surface area (Å²) in [5, 5.41) is 0. The van der Waals surface area contributed by atoms with Crippen LogP contribution in [0.3, 0.4) is 0 Å². The van der Waals surface area contributed by atoms with E-state index in [1.54, 1.807) is 0 Å². The Morgan fingerprint density at radius 3 is 0.867 bits per heavy atom. The quantitative estimate of drug-likeness (QED) is 0.0287. The summed E-state index contributed by atoms with van der Waals surface area (Å²) in [6.07, 6.45) is 44.6. The van der Waals surface area contributed by atoms with Gasteiger partial charge in [-0.05, 0) is 73.3 Å². The molecule has 0 amide bonds. The minimum Gasteiger partial charge on any atom is -0.566 e. The third-order valence-electron chi connectivity index (χ3n) is 7.71. The topological polar surface area (TPSA) is 98.7 Å². The Hall–Kier alpha value is 0.780. The molecule has 0 radical (unpaired) electrons. The fraction of sp³-hybridized carbons (Fsp3) is 0.889. The third kappa shape index (κ3) is 54.5. The van der Waals surface area contributed by atoms with Crippen molar-refractivity contribution in [2.45, 2.75) is 194 Å². The van der Waals surface area contributed by atoms with Crippen LogP contribution in [0.4, 0.5) is 0 Å². The van der Waals surface area contributed by atoms with Crippen LogP contribution in [-0.4, -0.2) is 51.0 Å². The first-order chi connectivity index (χ1) is 21.5. The van der Waals surface area contributed by atoms with E-state index >= 15 is 0 Å². The van der Waals surface area contributed by atoms with Gasteiger partial charge in [-0.2, -0.15) is 0 Å². The molecule has 0 aromatic rings. The van der Waals surface area contributed by atoms with Gasteiger partial charge in [0.2, 0.25) is 0 Å². The van der Waals surface area contributed by atoms with Gasteiger partial charge >= 0.3 is 54.2 Å². The van der Waals surface area contributed by atoms with Crippen LogP contribution in [0.15, 0.2) is 24.3 Å². The van der Waals surface area contributed by atoms with E-state index in [1.807, 2.05) is 0 Å². The Morgan fingerprint density at radius 2 is 0.622 bits per heavy atom. The van der Waals surface area contributed by atoms with E-state index in [9.17, 15) is 18.9 Å². The molecule has 2 atom stereocenters. The van der Waals surface area contributed by atoms with E-state index < -0.39 is 16.5 Å². The van der Waals surface area contributed by atoms with Crippen LogP contribution in [-0.2, 0) is 18.2 Å². The number of rotatable bonds is 34. The van der Waals surface area contributed by atoms with E-state index in [1.165, 1.54) is 154 Å². The summed E-state index contributed by atoms with van der Waals surface area (Å²) >= 11 is 0. The molecule has 0 spiro atoms. The van der Waals surface area contributed by atoms with Crippen molar-refractivity contribution < 1.29 is 28.0 Å². The Bertz CT molecular complexity index is 595. The molecule has 0 aromatic carbocycles. The van der Waals surface area contributed by atoms with Crippen LogP contribution in [0.5, 0.6) is 0 Å². The molecular formula is C36H70CaO6P2+2. The summed E-state index contributed by atoms with van der Waals surface area (Å²) < 4.78 is 29.3. The summed E-state index contributed by atoms with van der Waals surface area (Å²) in [5.41, 5.74) is 0. The minimum atomic E-state index is -2.65. The summed E-state index contributed by atoms with van der Waals surface area (Å²) in [5.74, 6) is 0. The zero-order valence-electron chi connectivity index (χ0n) is 29.6. The molecule has 0 aliphatic rings. The van der Waals surface area contributed by atoms with Gasteiger partial charge in [-0.15, -0.1) is 9.05 Å². The summed E-state index contributed by atoms with van der Waals surface area (Å²) in [7, 11) is -5.30. The SMILES string of the molecule is CCCCCCCC/C=C\CCCCCCCCO[P+](=O)[O-].CCCCCCCC/C=C\CCCCCCCCO[P+](=O)[O-].[Ca+2]. The number of hydrogen-bond donors (Lipinski definition) is 0. The van der Waals surface area contributed by atoms with Crippen LogP contribution in [0.1, 0.15) is 194 Å². The molecule has 0 aliphatic carbocycles. The Kier molecular flexibility index (Phi) is 52.3. The number of unbranched alkanes of at least 4 members (excludes halogenated alkanes) is 24. The molecule has 0 heterocycles. The van der Waals surface area contributed by atoms with Crippen molar-refractivity contribution in [3.63, 3.8) is 0 Å². The number of allylic oxidation sites excluding steroid dienone is 4. The van der Waals surface area contributed by atoms with E-state index in [0.29, 0.717) is 13.2 Å². The number of hydrogen-bond acceptors (Lipinski definition) is 6. The van der Waals surface area contributed by atoms with E-state index in [-0.39, 0.29) is 37.7 Å². The monoisotopic (exact) mass is 700 g/mol. The zero-order valence-corrected chi connectivity index (χ0v) is 33.6. The van der Waals surface area contributed by atoms with Crippen molar-refractivity contribution in [2.75, 3.05) is 13.2 Å². The van der Waals surface area contributed by atoms with E-state index in [0.717, 1.165) is 25.7 Å². The van der Waals surface area contributed by atoms with E-state index in [4.69, 9.17) is 0 Å². The first-order valence-corrected chi connectivity index (χ1v) is 20.6. The Balaban J connectivity index is -0.000000767. The molecule has 9 heteroatoms. The second kappa shape index (κ2) is 46.9.